The molecule has 4 saturated carbocycles. The van der Waals surface area contributed by atoms with Crippen molar-refractivity contribution in [1.82, 2.24) is 5.32 Å². The van der Waals surface area contributed by atoms with Crippen LogP contribution in [0.3, 0.4) is 0 Å². The van der Waals surface area contributed by atoms with Crippen molar-refractivity contribution in [3.63, 3.8) is 0 Å². The summed E-state index contributed by atoms with van der Waals surface area (Å²) in [4.78, 5) is 12.3. The van der Waals surface area contributed by atoms with Crippen molar-refractivity contribution >= 4 is 12.0 Å². The van der Waals surface area contributed by atoms with Gasteiger partial charge in [-0.25, -0.2) is 4.39 Å². The fourth-order valence-corrected chi connectivity index (χ4v) is 5.90. The van der Waals surface area contributed by atoms with Crippen LogP contribution in [-0.2, 0) is 4.79 Å². The molecule has 0 saturated heterocycles. The Bertz CT molecular complexity index is 630. The molecule has 1 amide bonds. The summed E-state index contributed by atoms with van der Waals surface area (Å²) >= 11 is 0. The molecule has 0 spiro atoms. The lowest BCUT2D eigenvalue weighted by Gasteiger charge is -2.59. The highest BCUT2D eigenvalue weighted by Gasteiger charge is 2.53. The molecule has 3 heteroatoms. The number of carbonyl (C=O) groups excluding carboxylic acids is 1. The molecule has 128 valence electrons. The van der Waals surface area contributed by atoms with E-state index in [0.717, 1.165) is 17.8 Å². The van der Waals surface area contributed by atoms with Crippen LogP contribution in [0.4, 0.5) is 4.39 Å². The van der Waals surface area contributed by atoms with E-state index in [9.17, 15) is 9.18 Å². The third kappa shape index (κ3) is 3.01. The van der Waals surface area contributed by atoms with E-state index in [4.69, 9.17) is 0 Å². The molecule has 1 atom stereocenters. The minimum atomic E-state index is -0.278. The number of benzene rings is 1. The van der Waals surface area contributed by atoms with Crippen molar-refractivity contribution in [3.8, 4) is 0 Å². The first-order valence-electron chi connectivity index (χ1n) is 9.26. The molecule has 1 aromatic carbocycles. The van der Waals surface area contributed by atoms with E-state index >= 15 is 0 Å². The Labute approximate surface area is 143 Å². The largest absolute Gasteiger partial charge is 0.350 e. The van der Waals surface area contributed by atoms with E-state index in [1.807, 2.05) is 0 Å². The molecule has 0 aliphatic heterocycles. The van der Waals surface area contributed by atoms with Gasteiger partial charge in [0.25, 0.3) is 0 Å². The first-order valence-corrected chi connectivity index (χ1v) is 9.26. The molecular formula is C21H26FNO. The Hall–Kier alpha value is -1.64. The number of rotatable bonds is 4. The van der Waals surface area contributed by atoms with E-state index in [1.165, 1.54) is 56.7 Å². The van der Waals surface area contributed by atoms with Gasteiger partial charge < -0.3 is 5.32 Å². The third-order valence-corrected chi connectivity index (χ3v) is 6.64. The van der Waals surface area contributed by atoms with E-state index in [2.05, 4.69) is 12.2 Å². The molecule has 0 aromatic heterocycles. The molecule has 24 heavy (non-hydrogen) atoms. The summed E-state index contributed by atoms with van der Waals surface area (Å²) in [6, 6.07) is 6.52. The van der Waals surface area contributed by atoms with Crippen LogP contribution in [0.2, 0.25) is 0 Å². The topological polar surface area (TPSA) is 29.1 Å². The Balaban J connectivity index is 1.41. The monoisotopic (exact) mass is 327 g/mol. The summed E-state index contributed by atoms with van der Waals surface area (Å²) in [5, 5.41) is 3.20. The predicted molar refractivity (Wildman–Crippen MR) is 93.6 cm³/mol. The van der Waals surface area contributed by atoms with Gasteiger partial charge in [0.1, 0.15) is 5.82 Å². The van der Waals surface area contributed by atoms with Crippen molar-refractivity contribution < 1.29 is 9.18 Å². The van der Waals surface area contributed by atoms with Crippen LogP contribution in [0.25, 0.3) is 6.08 Å². The zero-order valence-electron chi connectivity index (χ0n) is 14.3. The quantitative estimate of drug-likeness (QED) is 0.807. The highest BCUT2D eigenvalue weighted by atomic mass is 19.1. The van der Waals surface area contributed by atoms with Gasteiger partial charge in [0, 0.05) is 12.1 Å². The fraction of sp³-hybridized carbons (Fsp3) is 0.571. The van der Waals surface area contributed by atoms with Gasteiger partial charge in [-0.1, -0.05) is 12.1 Å². The van der Waals surface area contributed by atoms with Gasteiger partial charge in [-0.2, -0.15) is 0 Å². The lowest BCUT2D eigenvalue weighted by molar-refractivity contribution is -0.121. The first kappa shape index (κ1) is 15.9. The highest BCUT2D eigenvalue weighted by Crippen LogP contribution is 2.61. The van der Waals surface area contributed by atoms with Crippen LogP contribution < -0.4 is 5.32 Å². The highest BCUT2D eigenvalue weighted by molar-refractivity contribution is 5.91. The normalized spacial score (nSPS) is 35.3. The minimum Gasteiger partial charge on any atom is -0.350 e. The fourth-order valence-electron chi connectivity index (χ4n) is 5.90. The summed E-state index contributed by atoms with van der Waals surface area (Å²) in [7, 11) is 0. The average Bonchev–Trinajstić information content (AvgIpc) is 2.52. The van der Waals surface area contributed by atoms with Crippen LogP contribution in [0.1, 0.15) is 51.0 Å². The molecule has 0 radical (unpaired) electrons. The third-order valence-electron chi connectivity index (χ3n) is 6.64. The Morgan fingerprint density at radius 2 is 1.83 bits per heavy atom. The van der Waals surface area contributed by atoms with E-state index in [-0.39, 0.29) is 17.8 Å². The summed E-state index contributed by atoms with van der Waals surface area (Å²) in [5.74, 6) is 2.32. The van der Waals surface area contributed by atoms with Crippen LogP contribution in [-0.4, -0.2) is 11.9 Å². The number of hydrogen-bond acceptors (Lipinski definition) is 1. The summed E-state index contributed by atoms with van der Waals surface area (Å²) < 4.78 is 13.2. The zero-order chi connectivity index (χ0) is 16.7. The lowest BCUT2D eigenvalue weighted by Crippen LogP contribution is -2.55. The molecule has 1 N–H and O–H groups in total. The summed E-state index contributed by atoms with van der Waals surface area (Å²) in [6.45, 7) is 2.18. The van der Waals surface area contributed by atoms with Gasteiger partial charge >= 0.3 is 0 Å². The van der Waals surface area contributed by atoms with Gasteiger partial charge in [0.05, 0.1) is 0 Å². The maximum Gasteiger partial charge on any atom is 0.244 e. The average molecular weight is 327 g/mol. The molecule has 0 heterocycles. The van der Waals surface area contributed by atoms with Crippen LogP contribution in [0.15, 0.2) is 30.3 Å². The molecule has 4 aliphatic carbocycles. The van der Waals surface area contributed by atoms with Gasteiger partial charge in [-0.15, -0.1) is 0 Å². The molecule has 1 aromatic rings. The van der Waals surface area contributed by atoms with Crippen molar-refractivity contribution in [2.24, 2.45) is 23.2 Å². The van der Waals surface area contributed by atoms with E-state index in [0.29, 0.717) is 11.0 Å². The molecular weight excluding hydrogens is 301 g/mol. The summed E-state index contributed by atoms with van der Waals surface area (Å²) in [6.07, 6.45) is 11.3. The second kappa shape index (κ2) is 6.02. The maximum atomic E-state index is 13.2. The van der Waals surface area contributed by atoms with Crippen molar-refractivity contribution in [1.29, 1.82) is 0 Å². The second-order valence-corrected chi connectivity index (χ2v) is 8.40. The zero-order valence-corrected chi connectivity index (χ0v) is 14.3. The Morgan fingerprint density at radius 1 is 1.21 bits per heavy atom. The number of nitrogens with one attached hydrogen (secondary N) is 1. The van der Waals surface area contributed by atoms with Crippen molar-refractivity contribution in [2.45, 2.75) is 51.5 Å². The van der Waals surface area contributed by atoms with Crippen molar-refractivity contribution in [3.05, 3.63) is 41.7 Å². The number of carbonyl (C=O) groups is 1. The molecule has 4 fully saturated rings. The number of halogens is 1. The van der Waals surface area contributed by atoms with Crippen LogP contribution in [0, 0.1) is 29.0 Å². The molecule has 5 rings (SSSR count). The van der Waals surface area contributed by atoms with Crippen LogP contribution in [0.5, 0.6) is 0 Å². The lowest BCUT2D eigenvalue weighted by atomic mass is 9.48. The molecule has 2 nitrogen and oxygen atoms in total. The van der Waals surface area contributed by atoms with Crippen LogP contribution >= 0.6 is 0 Å². The molecule has 1 unspecified atom stereocenters. The number of hydrogen-bond donors (Lipinski definition) is 1. The van der Waals surface area contributed by atoms with Gasteiger partial charge in [0.2, 0.25) is 5.91 Å². The Morgan fingerprint density at radius 3 is 2.42 bits per heavy atom. The first-order chi connectivity index (χ1) is 11.5. The SMILES string of the molecule is CC(NC(=O)C=Cc1cccc(F)c1)C12CC3CC(CC(C3)C1)C2. The maximum absolute atomic E-state index is 13.2. The smallest absolute Gasteiger partial charge is 0.244 e. The molecule has 4 bridgehead atoms. The number of amides is 1. The second-order valence-electron chi connectivity index (χ2n) is 8.40. The predicted octanol–water partition coefficient (Wildman–Crippen LogP) is 4.56. The van der Waals surface area contributed by atoms with E-state index < -0.39 is 0 Å². The van der Waals surface area contributed by atoms with Gasteiger partial charge in [-0.05, 0) is 92.4 Å². The standard InChI is InChI=1S/C21H26FNO/c1-14(21-11-16-7-17(12-21)9-18(8-16)13-21)23-20(24)6-5-15-3-2-4-19(22)10-15/h2-6,10,14,16-18H,7-9,11-13H2,1H3,(H,23,24). The van der Waals surface area contributed by atoms with Crippen molar-refractivity contribution in [2.75, 3.05) is 0 Å². The molecule has 4 aliphatic rings. The van der Waals surface area contributed by atoms with Gasteiger partial charge in [0.15, 0.2) is 0 Å². The van der Waals surface area contributed by atoms with Gasteiger partial charge in [-0.3, -0.25) is 4.79 Å². The summed E-state index contributed by atoms with van der Waals surface area (Å²) in [5.41, 5.74) is 1.03. The Kier molecular flexibility index (Phi) is 3.98. The van der Waals surface area contributed by atoms with E-state index in [1.54, 1.807) is 18.2 Å². The minimum absolute atomic E-state index is 0.0671.